The standard InChI is InChI=1S/C11H15N3O/c12-4-5-13-10-3-6-14(8-10)9-11-2-1-7-15-11/h1-2,7,10,13H,3,5-6,8-9H2. The van der Waals surface area contributed by atoms with Gasteiger partial charge in [0.1, 0.15) is 5.76 Å². The second kappa shape index (κ2) is 4.96. The van der Waals surface area contributed by atoms with Crippen molar-refractivity contribution in [2.45, 2.75) is 19.0 Å². The minimum Gasteiger partial charge on any atom is -0.468 e. The van der Waals surface area contributed by atoms with E-state index in [0.717, 1.165) is 31.8 Å². The van der Waals surface area contributed by atoms with Gasteiger partial charge in [0, 0.05) is 19.1 Å². The van der Waals surface area contributed by atoms with Gasteiger partial charge in [0.25, 0.3) is 0 Å². The van der Waals surface area contributed by atoms with Crippen LogP contribution in [-0.2, 0) is 6.54 Å². The normalized spacial score (nSPS) is 21.7. The van der Waals surface area contributed by atoms with Crippen molar-refractivity contribution in [3.8, 4) is 6.07 Å². The average Bonchev–Trinajstić information content (AvgIpc) is 2.87. The molecule has 1 aromatic heterocycles. The van der Waals surface area contributed by atoms with Gasteiger partial charge >= 0.3 is 0 Å². The zero-order valence-electron chi connectivity index (χ0n) is 8.65. The zero-order chi connectivity index (χ0) is 10.5. The third-order valence-corrected chi connectivity index (χ3v) is 2.70. The van der Waals surface area contributed by atoms with Crippen LogP contribution in [0.15, 0.2) is 22.8 Å². The molecule has 80 valence electrons. The summed E-state index contributed by atoms with van der Waals surface area (Å²) in [4.78, 5) is 2.34. The Morgan fingerprint density at radius 1 is 1.67 bits per heavy atom. The van der Waals surface area contributed by atoms with Crippen LogP contribution in [-0.4, -0.2) is 30.6 Å². The molecule has 1 atom stereocenters. The predicted molar refractivity (Wildman–Crippen MR) is 56.0 cm³/mol. The van der Waals surface area contributed by atoms with Gasteiger partial charge in [0.2, 0.25) is 0 Å². The molecule has 0 radical (unpaired) electrons. The van der Waals surface area contributed by atoms with Gasteiger partial charge in [-0.2, -0.15) is 5.26 Å². The fourth-order valence-corrected chi connectivity index (χ4v) is 1.96. The van der Waals surface area contributed by atoms with Crippen LogP contribution in [0, 0.1) is 11.3 Å². The van der Waals surface area contributed by atoms with Gasteiger partial charge in [-0.3, -0.25) is 4.90 Å². The molecule has 0 spiro atoms. The molecule has 1 N–H and O–H groups in total. The summed E-state index contributed by atoms with van der Waals surface area (Å²) in [6, 6.07) is 6.47. The lowest BCUT2D eigenvalue weighted by Crippen LogP contribution is -2.32. The highest BCUT2D eigenvalue weighted by Gasteiger charge is 2.22. The van der Waals surface area contributed by atoms with Crippen molar-refractivity contribution in [3.63, 3.8) is 0 Å². The molecule has 0 saturated carbocycles. The van der Waals surface area contributed by atoms with Gasteiger partial charge in [0.15, 0.2) is 0 Å². The number of likely N-dealkylation sites (tertiary alicyclic amines) is 1. The first-order chi connectivity index (χ1) is 7.38. The average molecular weight is 205 g/mol. The second-order valence-electron chi connectivity index (χ2n) is 3.84. The Morgan fingerprint density at radius 2 is 2.60 bits per heavy atom. The Morgan fingerprint density at radius 3 is 3.33 bits per heavy atom. The molecule has 0 aliphatic carbocycles. The summed E-state index contributed by atoms with van der Waals surface area (Å²) in [7, 11) is 0. The summed E-state index contributed by atoms with van der Waals surface area (Å²) in [5.74, 6) is 1.01. The van der Waals surface area contributed by atoms with Gasteiger partial charge in [-0.15, -0.1) is 0 Å². The lowest BCUT2D eigenvalue weighted by atomic mass is 10.3. The van der Waals surface area contributed by atoms with E-state index in [1.165, 1.54) is 0 Å². The van der Waals surface area contributed by atoms with Gasteiger partial charge in [0.05, 0.1) is 25.4 Å². The Kier molecular flexibility index (Phi) is 3.38. The summed E-state index contributed by atoms with van der Waals surface area (Å²) in [6.07, 6.45) is 2.82. The van der Waals surface area contributed by atoms with E-state index in [9.17, 15) is 0 Å². The molecule has 0 amide bonds. The Bertz CT molecular complexity index is 328. The summed E-state index contributed by atoms with van der Waals surface area (Å²) in [5.41, 5.74) is 0. The predicted octanol–water partition coefficient (Wildman–Crippen LogP) is 0.967. The highest BCUT2D eigenvalue weighted by molar-refractivity contribution is 4.99. The van der Waals surface area contributed by atoms with Gasteiger partial charge in [-0.25, -0.2) is 0 Å². The smallest absolute Gasteiger partial charge is 0.117 e. The lowest BCUT2D eigenvalue weighted by molar-refractivity contribution is 0.290. The summed E-state index contributed by atoms with van der Waals surface area (Å²) in [6.45, 7) is 3.39. The highest BCUT2D eigenvalue weighted by atomic mass is 16.3. The monoisotopic (exact) mass is 205 g/mol. The molecule has 1 unspecified atom stereocenters. The van der Waals surface area contributed by atoms with E-state index in [1.54, 1.807) is 6.26 Å². The molecule has 4 heteroatoms. The van der Waals surface area contributed by atoms with Crippen LogP contribution >= 0.6 is 0 Å². The van der Waals surface area contributed by atoms with Crippen LogP contribution in [0.1, 0.15) is 12.2 Å². The number of hydrogen-bond donors (Lipinski definition) is 1. The van der Waals surface area contributed by atoms with Crippen LogP contribution in [0.4, 0.5) is 0 Å². The van der Waals surface area contributed by atoms with Crippen LogP contribution in [0.25, 0.3) is 0 Å². The van der Waals surface area contributed by atoms with E-state index >= 15 is 0 Å². The maximum atomic E-state index is 8.46. The van der Waals surface area contributed by atoms with E-state index in [1.807, 2.05) is 12.1 Å². The fraction of sp³-hybridized carbons (Fsp3) is 0.545. The molecule has 1 aliphatic heterocycles. The van der Waals surface area contributed by atoms with Crippen molar-refractivity contribution in [2.24, 2.45) is 0 Å². The zero-order valence-corrected chi connectivity index (χ0v) is 8.65. The molecule has 1 aromatic rings. The summed E-state index contributed by atoms with van der Waals surface area (Å²) < 4.78 is 5.30. The maximum absolute atomic E-state index is 8.46. The first-order valence-corrected chi connectivity index (χ1v) is 5.23. The molecule has 2 heterocycles. The third kappa shape index (κ3) is 2.82. The molecule has 2 rings (SSSR count). The molecule has 1 aliphatic rings. The fourth-order valence-electron chi connectivity index (χ4n) is 1.96. The number of nitrogens with zero attached hydrogens (tertiary/aromatic N) is 2. The third-order valence-electron chi connectivity index (χ3n) is 2.70. The van der Waals surface area contributed by atoms with Crippen LogP contribution in [0.2, 0.25) is 0 Å². The molecule has 4 nitrogen and oxygen atoms in total. The van der Waals surface area contributed by atoms with Gasteiger partial charge in [-0.1, -0.05) is 0 Å². The molecule has 15 heavy (non-hydrogen) atoms. The Hall–Kier alpha value is -1.31. The van der Waals surface area contributed by atoms with E-state index in [4.69, 9.17) is 9.68 Å². The van der Waals surface area contributed by atoms with E-state index in [2.05, 4.69) is 16.3 Å². The summed E-state index contributed by atoms with van der Waals surface area (Å²) >= 11 is 0. The van der Waals surface area contributed by atoms with E-state index in [-0.39, 0.29) is 0 Å². The van der Waals surface area contributed by atoms with E-state index in [0.29, 0.717) is 12.6 Å². The minimum absolute atomic E-state index is 0.444. The number of nitrogens with one attached hydrogen (secondary N) is 1. The first-order valence-electron chi connectivity index (χ1n) is 5.23. The van der Waals surface area contributed by atoms with Crippen LogP contribution in [0.3, 0.4) is 0 Å². The van der Waals surface area contributed by atoms with Gasteiger partial charge < -0.3 is 9.73 Å². The van der Waals surface area contributed by atoms with Crippen molar-refractivity contribution in [3.05, 3.63) is 24.2 Å². The largest absolute Gasteiger partial charge is 0.468 e. The lowest BCUT2D eigenvalue weighted by Gasteiger charge is -2.14. The van der Waals surface area contributed by atoms with Crippen molar-refractivity contribution in [1.29, 1.82) is 5.26 Å². The van der Waals surface area contributed by atoms with Crippen molar-refractivity contribution < 1.29 is 4.42 Å². The second-order valence-corrected chi connectivity index (χ2v) is 3.84. The molecular formula is C11H15N3O. The first kappa shape index (κ1) is 10.2. The molecule has 1 fully saturated rings. The van der Waals surface area contributed by atoms with Crippen LogP contribution in [0.5, 0.6) is 0 Å². The molecule has 0 bridgehead atoms. The molecule has 0 aromatic carbocycles. The SMILES string of the molecule is N#CCNC1CCN(Cc2ccco2)C1. The van der Waals surface area contributed by atoms with E-state index < -0.39 is 0 Å². The molecule has 1 saturated heterocycles. The van der Waals surface area contributed by atoms with Crippen molar-refractivity contribution in [1.82, 2.24) is 10.2 Å². The Labute approximate surface area is 89.5 Å². The summed E-state index contributed by atoms with van der Waals surface area (Å²) in [5, 5.41) is 11.7. The molecular weight excluding hydrogens is 190 g/mol. The van der Waals surface area contributed by atoms with Crippen molar-refractivity contribution in [2.75, 3.05) is 19.6 Å². The number of rotatable bonds is 4. The minimum atomic E-state index is 0.444. The van der Waals surface area contributed by atoms with Crippen molar-refractivity contribution >= 4 is 0 Å². The maximum Gasteiger partial charge on any atom is 0.117 e. The van der Waals surface area contributed by atoms with Gasteiger partial charge in [-0.05, 0) is 18.6 Å². The number of nitriles is 1. The number of hydrogen-bond acceptors (Lipinski definition) is 4. The highest BCUT2D eigenvalue weighted by Crippen LogP contribution is 2.13. The topological polar surface area (TPSA) is 52.2 Å². The number of furan rings is 1. The quantitative estimate of drug-likeness (QED) is 0.744. The Balaban J connectivity index is 1.76. The van der Waals surface area contributed by atoms with Crippen LogP contribution < -0.4 is 5.32 Å².